The molecular formula is C13H20ClN. The minimum atomic E-state index is 0.760. The first-order chi connectivity index (χ1) is 7.24. The molecule has 2 heteroatoms. The lowest BCUT2D eigenvalue weighted by molar-refractivity contribution is 0.502. The summed E-state index contributed by atoms with van der Waals surface area (Å²) in [5.74, 6) is 0.760. The molecule has 0 aliphatic heterocycles. The molecule has 15 heavy (non-hydrogen) atoms. The fraction of sp³-hybridized carbons (Fsp3) is 0.538. The van der Waals surface area contributed by atoms with Gasteiger partial charge in [-0.2, -0.15) is 0 Å². The molecule has 0 amide bonds. The predicted octanol–water partition coefficient (Wildman–Crippen LogP) is 3.52. The van der Waals surface area contributed by atoms with Crippen molar-refractivity contribution in [3.05, 3.63) is 34.9 Å². The summed E-state index contributed by atoms with van der Waals surface area (Å²) in [5.41, 5.74) is 1.23. The van der Waals surface area contributed by atoms with Crippen LogP contribution in [-0.4, -0.2) is 13.1 Å². The first kappa shape index (κ1) is 12.5. The number of hydrogen-bond donors (Lipinski definition) is 1. The number of halogens is 1. The minimum absolute atomic E-state index is 0.760. The van der Waals surface area contributed by atoms with E-state index < -0.39 is 0 Å². The van der Waals surface area contributed by atoms with E-state index in [1.165, 1.54) is 12.0 Å². The van der Waals surface area contributed by atoms with E-state index in [2.05, 4.69) is 25.2 Å². The smallest absolute Gasteiger partial charge is 0.0438 e. The van der Waals surface area contributed by atoms with Gasteiger partial charge < -0.3 is 5.32 Å². The van der Waals surface area contributed by atoms with E-state index in [9.17, 15) is 0 Å². The zero-order valence-electron chi connectivity index (χ0n) is 9.59. The normalized spacial score (nSPS) is 12.7. The average molecular weight is 226 g/mol. The Morgan fingerprint density at radius 3 is 2.73 bits per heavy atom. The molecule has 0 saturated carbocycles. The molecule has 1 rings (SSSR count). The summed E-state index contributed by atoms with van der Waals surface area (Å²) in [6.45, 7) is 6.60. The summed E-state index contributed by atoms with van der Waals surface area (Å²) in [5, 5.41) is 4.33. The highest BCUT2D eigenvalue weighted by atomic mass is 35.5. The van der Waals surface area contributed by atoms with Gasteiger partial charge in [0.05, 0.1) is 0 Å². The van der Waals surface area contributed by atoms with Gasteiger partial charge in [-0.05, 0) is 37.1 Å². The molecule has 0 spiro atoms. The molecule has 0 radical (unpaired) electrons. The maximum absolute atomic E-state index is 6.07. The molecule has 0 fully saturated rings. The summed E-state index contributed by atoms with van der Waals surface area (Å²) < 4.78 is 0. The SMILES string of the molecule is CCC(C)CNCCc1ccccc1Cl. The quantitative estimate of drug-likeness (QED) is 0.731. The third-order valence-electron chi connectivity index (χ3n) is 2.72. The Balaban J connectivity index is 2.23. The Morgan fingerprint density at radius 1 is 1.33 bits per heavy atom. The van der Waals surface area contributed by atoms with Crippen LogP contribution in [0, 0.1) is 5.92 Å². The predicted molar refractivity (Wildman–Crippen MR) is 67.5 cm³/mol. The van der Waals surface area contributed by atoms with E-state index in [0.717, 1.165) is 30.5 Å². The highest BCUT2D eigenvalue weighted by Gasteiger charge is 2.00. The molecule has 1 unspecified atom stereocenters. The lowest BCUT2D eigenvalue weighted by atomic mass is 10.1. The Bertz CT molecular complexity index is 286. The summed E-state index contributed by atoms with van der Waals surface area (Å²) >= 11 is 6.07. The molecule has 0 heterocycles. The van der Waals surface area contributed by atoms with Gasteiger partial charge in [0.2, 0.25) is 0 Å². The zero-order valence-corrected chi connectivity index (χ0v) is 10.3. The van der Waals surface area contributed by atoms with Crippen LogP contribution < -0.4 is 5.32 Å². The largest absolute Gasteiger partial charge is 0.316 e. The van der Waals surface area contributed by atoms with E-state index in [4.69, 9.17) is 11.6 Å². The third kappa shape index (κ3) is 4.67. The van der Waals surface area contributed by atoms with Crippen molar-refractivity contribution in [1.82, 2.24) is 5.32 Å². The highest BCUT2D eigenvalue weighted by molar-refractivity contribution is 6.31. The van der Waals surface area contributed by atoms with E-state index >= 15 is 0 Å². The molecule has 0 bridgehead atoms. The molecule has 1 N–H and O–H groups in total. The standard InChI is InChI=1S/C13H20ClN/c1-3-11(2)10-15-9-8-12-6-4-5-7-13(12)14/h4-7,11,15H,3,8-10H2,1-2H3. The van der Waals surface area contributed by atoms with E-state index in [1.807, 2.05) is 18.2 Å². The van der Waals surface area contributed by atoms with Gasteiger partial charge in [-0.15, -0.1) is 0 Å². The first-order valence-electron chi connectivity index (χ1n) is 5.68. The Kier molecular flexibility index (Phi) is 5.74. The Labute approximate surface area is 97.8 Å². The Hall–Kier alpha value is -0.530. The van der Waals surface area contributed by atoms with Crippen molar-refractivity contribution in [2.75, 3.05) is 13.1 Å². The van der Waals surface area contributed by atoms with Gasteiger partial charge in [0.15, 0.2) is 0 Å². The molecular weight excluding hydrogens is 206 g/mol. The maximum Gasteiger partial charge on any atom is 0.0438 e. The molecule has 0 aliphatic carbocycles. The number of nitrogens with one attached hydrogen (secondary N) is 1. The summed E-state index contributed by atoms with van der Waals surface area (Å²) in [6, 6.07) is 8.05. The van der Waals surface area contributed by atoms with Crippen LogP contribution in [0.15, 0.2) is 24.3 Å². The van der Waals surface area contributed by atoms with Crippen molar-refractivity contribution >= 4 is 11.6 Å². The summed E-state index contributed by atoms with van der Waals surface area (Å²) in [6.07, 6.45) is 2.25. The van der Waals surface area contributed by atoms with Crippen molar-refractivity contribution in [3.8, 4) is 0 Å². The van der Waals surface area contributed by atoms with Gasteiger partial charge in [-0.3, -0.25) is 0 Å². The maximum atomic E-state index is 6.07. The topological polar surface area (TPSA) is 12.0 Å². The zero-order chi connectivity index (χ0) is 11.1. The van der Waals surface area contributed by atoms with Crippen molar-refractivity contribution in [2.45, 2.75) is 26.7 Å². The monoisotopic (exact) mass is 225 g/mol. The second kappa shape index (κ2) is 6.86. The van der Waals surface area contributed by atoms with Crippen molar-refractivity contribution in [3.63, 3.8) is 0 Å². The van der Waals surface area contributed by atoms with Gasteiger partial charge >= 0.3 is 0 Å². The fourth-order valence-electron chi connectivity index (χ4n) is 1.42. The molecule has 0 aromatic heterocycles. The molecule has 1 nitrogen and oxygen atoms in total. The number of rotatable bonds is 6. The molecule has 84 valence electrons. The van der Waals surface area contributed by atoms with Crippen LogP contribution >= 0.6 is 11.6 Å². The summed E-state index contributed by atoms with van der Waals surface area (Å²) in [4.78, 5) is 0. The molecule has 1 aromatic rings. The number of hydrogen-bond acceptors (Lipinski definition) is 1. The first-order valence-corrected chi connectivity index (χ1v) is 6.06. The van der Waals surface area contributed by atoms with E-state index in [0.29, 0.717) is 0 Å². The van der Waals surface area contributed by atoms with Crippen molar-refractivity contribution < 1.29 is 0 Å². The molecule has 1 atom stereocenters. The molecule has 0 saturated heterocycles. The van der Waals surface area contributed by atoms with Crippen molar-refractivity contribution in [1.29, 1.82) is 0 Å². The second-order valence-corrected chi connectivity index (χ2v) is 4.47. The third-order valence-corrected chi connectivity index (χ3v) is 3.09. The number of benzene rings is 1. The van der Waals surface area contributed by atoms with Crippen LogP contribution in [0.4, 0.5) is 0 Å². The van der Waals surface area contributed by atoms with Gasteiger partial charge in [0, 0.05) is 5.02 Å². The molecule has 1 aromatic carbocycles. The van der Waals surface area contributed by atoms with E-state index in [-0.39, 0.29) is 0 Å². The fourth-order valence-corrected chi connectivity index (χ4v) is 1.65. The second-order valence-electron chi connectivity index (χ2n) is 4.06. The van der Waals surface area contributed by atoms with Gasteiger partial charge in [0.1, 0.15) is 0 Å². The van der Waals surface area contributed by atoms with Crippen LogP contribution in [0.1, 0.15) is 25.8 Å². The minimum Gasteiger partial charge on any atom is -0.316 e. The summed E-state index contributed by atoms with van der Waals surface area (Å²) in [7, 11) is 0. The van der Waals surface area contributed by atoms with Crippen LogP contribution in [-0.2, 0) is 6.42 Å². The van der Waals surface area contributed by atoms with Crippen LogP contribution in [0.3, 0.4) is 0 Å². The van der Waals surface area contributed by atoms with Crippen LogP contribution in [0.25, 0.3) is 0 Å². The Morgan fingerprint density at radius 2 is 2.07 bits per heavy atom. The van der Waals surface area contributed by atoms with Crippen LogP contribution in [0.5, 0.6) is 0 Å². The van der Waals surface area contributed by atoms with Crippen LogP contribution in [0.2, 0.25) is 5.02 Å². The molecule has 0 aliphatic rings. The van der Waals surface area contributed by atoms with Gasteiger partial charge in [0.25, 0.3) is 0 Å². The van der Waals surface area contributed by atoms with Crippen molar-refractivity contribution in [2.24, 2.45) is 5.92 Å². The lowest BCUT2D eigenvalue weighted by Crippen LogP contribution is -2.23. The lowest BCUT2D eigenvalue weighted by Gasteiger charge is -2.10. The van der Waals surface area contributed by atoms with E-state index in [1.54, 1.807) is 0 Å². The highest BCUT2D eigenvalue weighted by Crippen LogP contribution is 2.14. The van der Waals surface area contributed by atoms with Gasteiger partial charge in [-0.25, -0.2) is 0 Å². The van der Waals surface area contributed by atoms with Gasteiger partial charge in [-0.1, -0.05) is 50.1 Å². The average Bonchev–Trinajstić information content (AvgIpc) is 2.26.